The highest BCUT2D eigenvalue weighted by molar-refractivity contribution is 5.69. The maximum absolute atomic E-state index is 12.4. The summed E-state index contributed by atoms with van der Waals surface area (Å²) >= 11 is 0. The van der Waals surface area contributed by atoms with Crippen LogP contribution >= 0.6 is 0 Å². The molecule has 0 bridgehead atoms. The number of hydrogen-bond donors (Lipinski definition) is 0. The van der Waals surface area contributed by atoms with Crippen LogP contribution < -0.4 is 9.64 Å². The van der Waals surface area contributed by atoms with E-state index in [-0.39, 0.29) is 6.09 Å². The molecular weight excluding hydrogens is 328 g/mol. The molecule has 0 radical (unpaired) electrons. The Morgan fingerprint density at radius 1 is 1.19 bits per heavy atom. The molecule has 0 saturated heterocycles. The zero-order valence-corrected chi connectivity index (χ0v) is 16.8. The Morgan fingerprint density at radius 3 is 2.46 bits per heavy atom. The maximum Gasteiger partial charge on any atom is 0.410 e. The van der Waals surface area contributed by atoms with Crippen LogP contribution in [0.3, 0.4) is 0 Å². The zero-order valence-electron chi connectivity index (χ0n) is 16.8. The number of rotatable bonds is 2. The largest absolute Gasteiger partial charge is 0.490 e. The van der Waals surface area contributed by atoms with Crippen LogP contribution in [0.15, 0.2) is 12.1 Å². The van der Waals surface area contributed by atoms with Crippen LogP contribution in [0.1, 0.15) is 52.2 Å². The first-order valence-corrected chi connectivity index (χ1v) is 9.81. The normalized spacial score (nSPS) is 18.3. The van der Waals surface area contributed by atoms with Gasteiger partial charge in [0.15, 0.2) is 0 Å². The first-order valence-electron chi connectivity index (χ1n) is 9.81. The quantitative estimate of drug-likeness (QED) is 0.799. The summed E-state index contributed by atoms with van der Waals surface area (Å²) < 4.78 is 11.5. The van der Waals surface area contributed by atoms with E-state index in [2.05, 4.69) is 30.9 Å². The van der Waals surface area contributed by atoms with Crippen molar-refractivity contribution in [2.75, 3.05) is 31.1 Å². The Hall–Kier alpha value is -1.91. The van der Waals surface area contributed by atoms with Gasteiger partial charge in [-0.25, -0.2) is 4.79 Å². The lowest BCUT2D eigenvalue weighted by molar-refractivity contribution is 0.0258. The van der Waals surface area contributed by atoms with E-state index in [4.69, 9.17) is 9.47 Å². The van der Waals surface area contributed by atoms with Gasteiger partial charge in [0.25, 0.3) is 0 Å². The van der Waals surface area contributed by atoms with Crippen molar-refractivity contribution in [2.45, 2.75) is 65.5 Å². The highest BCUT2D eigenvalue weighted by Crippen LogP contribution is 2.37. The number of ether oxygens (including phenoxy) is 2. The Labute approximate surface area is 157 Å². The monoisotopic (exact) mass is 360 g/mol. The first kappa shape index (κ1) is 18.9. The summed E-state index contributed by atoms with van der Waals surface area (Å²) in [6.45, 7) is 13.3. The summed E-state index contributed by atoms with van der Waals surface area (Å²) in [5, 5.41) is 0. The van der Waals surface area contributed by atoms with Gasteiger partial charge in [-0.05, 0) is 70.2 Å². The van der Waals surface area contributed by atoms with E-state index in [1.54, 1.807) is 0 Å². The minimum atomic E-state index is -0.458. The Bertz CT molecular complexity index is 666. The van der Waals surface area contributed by atoms with E-state index in [0.29, 0.717) is 19.1 Å². The number of nitrogens with zero attached hydrogens (tertiary/aromatic N) is 2. The fourth-order valence-electron chi connectivity index (χ4n) is 3.64. The van der Waals surface area contributed by atoms with Crippen LogP contribution in [-0.4, -0.2) is 48.9 Å². The molecule has 0 N–H and O–H groups in total. The average Bonchev–Trinajstić information content (AvgIpc) is 2.79. The molecule has 5 nitrogen and oxygen atoms in total. The molecule has 2 aliphatic rings. The van der Waals surface area contributed by atoms with E-state index < -0.39 is 5.60 Å². The van der Waals surface area contributed by atoms with Gasteiger partial charge in [0.2, 0.25) is 0 Å². The predicted molar refractivity (Wildman–Crippen MR) is 104 cm³/mol. The summed E-state index contributed by atoms with van der Waals surface area (Å²) in [5.74, 6) is 0.987. The molecule has 144 valence electrons. The lowest BCUT2D eigenvalue weighted by atomic mass is 9.99. The molecule has 1 aromatic rings. The molecule has 5 heteroatoms. The molecule has 1 unspecified atom stereocenters. The number of hydrogen-bond acceptors (Lipinski definition) is 4. The number of amides is 1. The van der Waals surface area contributed by atoms with E-state index in [1.807, 2.05) is 25.7 Å². The molecule has 3 rings (SSSR count). The standard InChI is InChI=1S/C21H32N2O3/c1-6-15(2)23-11-12-25-19-14-17-8-10-22(20(24)26-21(3,4)5)9-7-16(17)13-18(19)23/h13-15H,6-12H2,1-5H3. The van der Waals surface area contributed by atoms with Crippen LogP contribution in [0.2, 0.25) is 0 Å². The fourth-order valence-corrected chi connectivity index (χ4v) is 3.64. The van der Waals surface area contributed by atoms with Crippen LogP contribution in [-0.2, 0) is 17.6 Å². The van der Waals surface area contributed by atoms with Gasteiger partial charge in [0, 0.05) is 19.1 Å². The van der Waals surface area contributed by atoms with Gasteiger partial charge in [0.05, 0.1) is 12.2 Å². The number of carbonyl (C=O) groups is 1. The number of benzene rings is 1. The van der Waals surface area contributed by atoms with Crippen molar-refractivity contribution in [3.8, 4) is 5.75 Å². The highest BCUT2D eigenvalue weighted by atomic mass is 16.6. The fraction of sp³-hybridized carbons (Fsp3) is 0.667. The molecule has 2 heterocycles. The van der Waals surface area contributed by atoms with Crippen molar-refractivity contribution in [3.63, 3.8) is 0 Å². The second-order valence-electron chi connectivity index (χ2n) is 8.36. The van der Waals surface area contributed by atoms with Crippen molar-refractivity contribution in [2.24, 2.45) is 0 Å². The lowest BCUT2D eigenvalue weighted by Crippen LogP contribution is -2.39. The second-order valence-corrected chi connectivity index (χ2v) is 8.36. The van der Waals surface area contributed by atoms with Crippen LogP contribution in [0.4, 0.5) is 10.5 Å². The smallest absolute Gasteiger partial charge is 0.410 e. The van der Waals surface area contributed by atoms with Gasteiger partial charge in [-0.2, -0.15) is 0 Å². The topological polar surface area (TPSA) is 42.0 Å². The average molecular weight is 360 g/mol. The summed E-state index contributed by atoms with van der Waals surface area (Å²) in [4.78, 5) is 16.7. The minimum Gasteiger partial charge on any atom is -0.490 e. The van der Waals surface area contributed by atoms with Crippen LogP contribution in [0.25, 0.3) is 0 Å². The van der Waals surface area contributed by atoms with Crippen molar-refractivity contribution in [3.05, 3.63) is 23.3 Å². The van der Waals surface area contributed by atoms with Crippen molar-refractivity contribution in [1.82, 2.24) is 4.90 Å². The Balaban J connectivity index is 1.80. The molecule has 0 saturated carbocycles. The molecule has 1 amide bonds. The van der Waals surface area contributed by atoms with E-state index in [9.17, 15) is 4.79 Å². The molecule has 26 heavy (non-hydrogen) atoms. The van der Waals surface area contributed by atoms with Crippen molar-refractivity contribution >= 4 is 11.8 Å². The molecule has 0 aliphatic carbocycles. The minimum absolute atomic E-state index is 0.215. The van der Waals surface area contributed by atoms with Gasteiger partial charge < -0.3 is 19.3 Å². The molecule has 1 atom stereocenters. The van der Waals surface area contributed by atoms with E-state index >= 15 is 0 Å². The van der Waals surface area contributed by atoms with Crippen LogP contribution in [0, 0.1) is 0 Å². The van der Waals surface area contributed by atoms with Crippen molar-refractivity contribution < 1.29 is 14.3 Å². The third kappa shape index (κ3) is 4.08. The lowest BCUT2D eigenvalue weighted by Gasteiger charge is -2.36. The number of anilines is 1. The predicted octanol–water partition coefficient (Wildman–Crippen LogP) is 4.02. The maximum atomic E-state index is 12.4. The Kier molecular flexibility index (Phi) is 5.35. The zero-order chi connectivity index (χ0) is 18.9. The number of fused-ring (bicyclic) bond motifs is 2. The first-order chi connectivity index (χ1) is 12.3. The SMILES string of the molecule is CCC(C)N1CCOc2cc3c(cc21)CCN(C(=O)OC(C)(C)C)CC3. The summed E-state index contributed by atoms with van der Waals surface area (Å²) in [6.07, 6.45) is 2.60. The summed E-state index contributed by atoms with van der Waals surface area (Å²) in [7, 11) is 0. The third-order valence-corrected chi connectivity index (χ3v) is 5.26. The summed E-state index contributed by atoms with van der Waals surface area (Å²) in [6, 6.07) is 4.98. The third-order valence-electron chi connectivity index (χ3n) is 5.26. The molecule has 2 aliphatic heterocycles. The van der Waals surface area contributed by atoms with Gasteiger partial charge in [-0.3, -0.25) is 0 Å². The summed E-state index contributed by atoms with van der Waals surface area (Å²) in [5.41, 5.74) is 3.37. The van der Waals surface area contributed by atoms with Gasteiger partial charge in [-0.1, -0.05) is 6.92 Å². The molecule has 0 fully saturated rings. The molecule has 0 spiro atoms. The molecule has 0 aromatic heterocycles. The number of carbonyl (C=O) groups excluding carboxylic acids is 1. The highest BCUT2D eigenvalue weighted by Gasteiger charge is 2.27. The molecular formula is C21H32N2O3. The van der Waals surface area contributed by atoms with E-state index in [1.165, 1.54) is 16.8 Å². The second kappa shape index (κ2) is 7.37. The molecule has 1 aromatic carbocycles. The van der Waals surface area contributed by atoms with Gasteiger partial charge >= 0.3 is 6.09 Å². The van der Waals surface area contributed by atoms with Gasteiger partial charge in [0.1, 0.15) is 18.0 Å². The van der Waals surface area contributed by atoms with Gasteiger partial charge in [-0.15, -0.1) is 0 Å². The van der Waals surface area contributed by atoms with E-state index in [0.717, 1.165) is 38.2 Å². The van der Waals surface area contributed by atoms with Crippen LogP contribution in [0.5, 0.6) is 5.75 Å². The van der Waals surface area contributed by atoms with Crippen molar-refractivity contribution in [1.29, 1.82) is 0 Å². The Morgan fingerprint density at radius 2 is 1.85 bits per heavy atom.